The predicted molar refractivity (Wildman–Crippen MR) is 179 cm³/mol. The molecule has 0 saturated carbocycles. The van der Waals surface area contributed by atoms with Gasteiger partial charge in [0.05, 0.1) is 6.16 Å². The van der Waals surface area contributed by atoms with Gasteiger partial charge in [-0.05, 0) is 69.0 Å². The lowest BCUT2D eigenvalue weighted by Gasteiger charge is -2.27. The molecule has 1 aliphatic carbocycles. The van der Waals surface area contributed by atoms with Crippen molar-refractivity contribution in [3.05, 3.63) is 138 Å². The van der Waals surface area contributed by atoms with Crippen LogP contribution in [0.15, 0.2) is 126 Å². The second-order valence-electron chi connectivity index (χ2n) is 11.4. The van der Waals surface area contributed by atoms with Crippen LogP contribution in [0, 0.1) is 0 Å². The van der Waals surface area contributed by atoms with Crippen molar-refractivity contribution in [1.82, 2.24) is 0 Å². The molecule has 0 saturated heterocycles. The lowest BCUT2D eigenvalue weighted by Crippen LogP contribution is -3.00. The summed E-state index contributed by atoms with van der Waals surface area (Å²) in [5, 5.41) is 4.40. The minimum absolute atomic E-state index is 0. The van der Waals surface area contributed by atoms with E-state index in [9.17, 15) is 9.59 Å². The highest BCUT2D eigenvalue weighted by molar-refractivity contribution is 7.95. The van der Waals surface area contributed by atoms with E-state index in [0.29, 0.717) is 23.1 Å². The standard InChI is InChI=1S/C39H42O2P.BrH/c1-31-35(39(41)37-29-19-18-28-36(37)38(31)40)27-17-6-4-2-3-5-7-20-30-42(32-21-11-8-12-22-32,33-23-13-9-14-24-33)34-25-15-10-16-26-34;/h8-16,18-19,21-26,28-29H,2-7,17,20,27,30H2,1H3;1H/q+1;/p-1. The molecule has 0 unspecified atom stereocenters. The monoisotopic (exact) mass is 652 g/mol. The number of fused-ring (bicyclic) bond motifs is 1. The fraction of sp³-hybridized carbons (Fsp3) is 0.282. The fourth-order valence-corrected chi connectivity index (χ4v) is 10.9. The Balaban J connectivity index is 0.00000423. The third kappa shape index (κ3) is 7.51. The average Bonchev–Trinajstić information content (AvgIpc) is 3.05. The molecule has 0 bridgehead atoms. The van der Waals surface area contributed by atoms with Crippen molar-refractivity contribution in [2.45, 2.75) is 64.7 Å². The molecule has 0 fully saturated rings. The molecule has 0 N–H and O–H groups in total. The Labute approximate surface area is 268 Å². The van der Waals surface area contributed by atoms with Crippen LogP contribution in [0.25, 0.3) is 0 Å². The van der Waals surface area contributed by atoms with Crippen LogP contribution in [0.5, 0.6) is 0 Å². The van der Waals surface area contributed by atoms with Crippen molar-refractivity contribution in [1.29, 1.82) is 0 Å². The lowest BCUT2D eigenvalue weighted by atomic mass is 9.82. The Morgan fingerprint density at radius 2 is 0.837 bits per heavy atom. The van der Waals surface area contributed by atoms with Crippen LogP contribution < -0.4 is 32.9 Å². The van der Waals surface area contributed by atoms with Crippen LogP contribution in [0.4, 0.5) is 0 Å². The maximum atomic E-state index is 13.0. The smallest absolute Gasteiger partial charge is 0.190 e. The first-order chi connectivity index (χ1) is 20.6. The van der Waals surface area contributed by atoms with Gasteiger partial charge in [0.1, 0.15) is 23.2 Å². The van der Waals surface area contributed by atoms with Crippen molar-refractivity contribution in [3.8, 4) is 0 Å². The van der Waals surface area contributed by atoms with Gasteiger partial charge in [0.2, 0.25) is 0 Å². The number of benzene rings is 4. The van der Waals surface area contributed by atoms with E-state index in [1.54, 1.807) is 12.1 Å². The van der Waals surface area contributed by atoms with Crippen molar-refractivity contribution in [3.63, 3.8) is 0 Å². The number of rotatable bonds is 14. The van der Waals surface area contributed by atoms with Crippen molar-refractivity contribution < 1.29 is 26.6 Å². The van der Waals surface area contributed by atoms with Gasteiger partial charge >= 0.3 is 0 Å². The van der Waals surface area contributed by atoms with E-state index < -0.39 is 7.26 Å². The molecule has 0 atom stereocenters. The lowest BCUT2D eigenvalue weighted by molar-refractivity contribution is -0.0000221. The van der Waals surface area contributed by atoms with Gasteiger partial charge in [0.15, 0.2) is 11.6 Å². The third-order valence-corrected chi connectivity index (χ3v) is 13.3. The second-order valence-corrected chi connectivity index (χ2v) is 15.0. The number of unbranched alkanes of at least 4 members (excludes halogenated alkanes) is 7. The van der Waals surface area contributed by atoms with Crippen LogP contribution in [-0.2, 0) is 0 Å². The largest absolute Gasteiger partial charge is 1.00 e. The topological polar surface area (TPSA) is 34.1 Å². The molecule has 4 aromatic carbocycles. The molecule has 43 heavy (non-hydrogen) atoms. The summed E-state index contributed by atoms with van der Waals surface area (Å²) in [5.41, 5.74) is 2.49. The molecule has 0 aromatic heterocycles. The fourth-order valence-electron chi connectivity index (χ4n) is 6.45. The first kappa shape index (κ1) is 32.8. The van der Waals surface area contributed by atoms with E-state index in [1.165, 1.54) is 60.6 Å². The van der Waals surface area contributed by atoms with Gasteiger partial charge in [-0.25, -0.2) is 0 Å². The highest BCUT2D eigenvalue weighted by Gasteiger charge is 2.44. The van der Waals surface area contributed by atoms with Crippen molar-refractivity contribution in [2.75, 3.05) is 6.16 Å². The second kappa shape index (κ2) is 16.1. The maximum Gasteiger partial charge on any atom is 0.190 e. The molecule has 0 radical (unpaired) electrons. The first-order valence-electron chi connectivity index (χ1n) is 15.6. The summed E-state index contributed by atoms with van der Waals surface area (Å²) in [6.07, 6.45) is 11.3. The molecule has 0 heterocycles. The average molecular weight is 654 g/mol. The minimum atomic E-state index is -1.73. The molecule has 0 spiro atoms. The number of hydrogen-bond acceptors (Lipinski definition) is 2. The number of hydrogen-bond donors (Lipinski definition) is 0. The molecule has 5 rings (SSSR count). The Morgan fingerprint density at radius 3 is 1.30 bits per heavy atom. The minimum Gasteiger partial charge on any atom is -1.00 e. The predicted octanol–water partition coefficient (Wildman–Crippen LogP) is 5.89. The van der Waals surface area contributed by atoms with Crippen LogP contribution in [0.2, 0.25) is 0 Å². The first-order valence-corrected chi connectivity index (χ1v) is 17.5. The molecule has 222 valence electrons. The number of carbonyl (C=O) groups is 2. The van der Waals surface area contributed by atoms with E-state index in [-0.39, 0.29) is 28.5 Å². The summed E-state index contributed by atoms with van der Waals surface area (Å²) < 4.78 is 0. The van der Waals surface area contributed by atoms with Gasteiger partial charge in [-0.2, -0.15) is 0 Å². The third-order valence-electron chi connectivity index (χ3n) is 8.74. The number of carbonyl (C=O) groups excluding carboxylic acids is 2. The summed E-state index contributed by atoms with van der Waals surface area (Å²) in [6, 6.07) is 40.7. The van der Waals surface area contributed by atoms with E-state index in [2.05, 4.69) is 91.0 Å². The Kier molecular flexibility index (Phi) is 12.3. The van der Waals surface area contributed by atoms with Crippen molar-refractivity contribution >= 4 is 34.7 Å². The highest BCUT2D eigenvalue weighted by atomic mass is 79.9. The molecule has 4 aromatic rings. The van der Waals surface area contributed by atoms with Gasteiger partial charge in [-0.1, -0.05) is 111 Å². The van der Waals surface area contributed by atoms with Crippen LogP contribution >= 0.6 is 7.26 Å². The molecule has 2 nitrogen and oxygen atoms in total. The van der Waals surface area contributed by atoms with Crippen LogP contribution in [-0.4, -0.2) is 17.7 Å². The van der Waals surface area contributed by atoms with Crippen molar-refractivity contribution in [2.24, 2.45) is 0 Å². The molecule has 4 heteroatoms. The van der Waals surface area contributed by atoms with Gasteiger partial charge in [0, 0.05) is 22.3 Å². The zero-order valence-corrected chi connectivity index (χ0v) is 27.7. The quantitative estimate of drug-likeness (QED) is 0.126. The number of halogens is 1. The summed E-state index contributed by atoms with van der Waals surface area (Å²) in [6.45, 7) is 1.82. The van der Waals surface area contributed by atoms with E-state index in [1.807, 2.05) is 19.1 Å². The molecule has 0 amide bonds. The SMILES string of the molecule is CC1=C(CCCCCCCCCC[P+](c2ccccc2)(c2ccccc2)c2ccccc2)C(=O)c2ccccc2C1=O.[Br-]. The maximum absolute atomic E-state index is 13.0. The number of ketones is 2. The van der Waals surface area contributed by atoms with Gasteiger partial charge < -0.3 is 17.0 Å². The van der Waals surface area contributed by atoms with E-state index in [4.69, 9.17) is 0 Å². The van der Waals surface area contributed by atoms with E-state index >= 15 is 0 Å². The summed E-state index contributed by atoms with van der Waals surface area (Å²) in [7, 11) is -1.73. The van der Waals surface area contributed by atoms with E-state index in [0.717, 1.165) is 18.4 Å². The zero-order valence-electron chi connectivity index (χ0n) is 25.2. The highest BCUT2D eigenvalue weighted by Crippen LogP contribution is 2.56. The van der Waals surface area contributed by atoms with Gasteiger partial charge in [-0.3, -0.25) is 9.59 Å². The Hall–Kier alpha value is -3.13. The number of allylic oxidation sites excluding steroid dienone is 2. The zero-order chi connectivity index (χ0) is 29.2. The molecular formula is C39H42BrO2P. The summed E-state index contributed by atoms with van der Waals surface area (Å²) in [4.78, 5) is 25.7. The summed E-state index contributed by atoms with van der Waals surface area (Å²) >= 11 is 0. The molecule has 0 aliphatic heterocycles. The summed E-state index contributed by atoms with van der Waals surface area (Å²) in [5.74, 6) is 0.0570. The van der Waals surface area contributed by atoms with Gasteiger partial charge in [-0.15, -0.1) is 0 Å². The van der Waals surface area contributed by atoms with Gasteiger partial charge in [0.25, 0.3) is 0 Å². The Morgan fingerprint density at radius 1 is 0.465 bits per heavy atom. The normalized spacial score (nSPS) is 13.0. The molecular weight excluding hydrogens is 611 g/mol. The Bertz CT molecular complexity index is 1420. The molecule has 1 aliphatic rings. The van der Waals surface area contributed by atoms with Crippen LogP contribution in [0.3, 0.4) is 0 Å². The number of Topliss-reactive ketones (excluding diaryl/α,β-unsaturated/α-hetero) is 2. The van der Waals surface area contributed by atoms with Crippen LogP contribution in [0.1, 0.15) is 85.4 Å².